The van der Waals surface area contributed by atoms with Gasteiger partial charge in [0.25, 0.3) is 0 Å². The third-order valence-electron chi connectivity index (χ3n) is 6.59. The van der Waals surface area contributed by atoms with Crippen molar-refractivity contribution in [2.75, 3.05) is 7.11 Å². The summed E-state index contributed by atoms with van der Waals surface area (Å²) in [6.45, 7) is 0.534. The minimum Gasteiger partial charge on any atom is -0.497 e. The molecule has 4 aromatic carbocycles. The van der Waals surface area contributed by atoms with Gasteiger partial charge in [-0.2, -0.15) is 5.10 Å². The molecule has 36 heavy (non-hydrogen) atoms. The Kier molecular flexibility index (Phi) is 6.11. The maximum Gasteiger partial charge on any atom is 0.213 e. The summed E-state index contributed by atoms with van der Waals surface area (Å²) >= 11 is 3.62. The van der Waals surface area contributed by atoms with Crippen LogP contribution in [-0.2, 0) is 6.61 Å². The van der Waals surface area contributed by atoms with E-state index < -0.39 is 0 Å². The minimum atomic E-state index is -0.331. The molecule has 0 aliphatic carbocycles. The van der Waals surface area contributed by atoms with Crippen molar-refractivity contribution in [3.8, 4) is 17.2 Å². The molecule has 0 radical (unpaired) electrons. The number of methoxy groups -OCH3 is 1. The number of rotatable bonds is 6. The van der Waals surface area contributed by atoms with Gasteiger partial charge in [0.05, 0.1) is 18.9 Å². The maximum atomic E-state index is 6.51. The molecule has 0 fully saturated rings. The van der Waals surface area contributed by atoms with Crippen LogP contribution in [0.2, 0.25) is 0 Å². The van der Waals surface area contributed by atoms with E-state index in [1.54, 1.807) is 7.11 Å². The second-order valence-electron chi connectivity index (χ2n) is 8.87. The van der Waals surface area contributed by atoms with E-state index in [0.717, 1.165) is 56.1 Å². The van der Waals surface area contributed by atoms with Crippen LogP contribution in [0.1, 0.15) is 40.9 Å². The van der Waals surface area contributed by atoms with E-state index in [1.165, 1.54) is 0 Å². The molecule has 6 rings (SSSR count). The molecule has 0 unspecified atom stereocenters. The minimum absolute atomic E-state index is 0.0855. The second kappa shape index (κ2) is 9.70. The van der Waals surface area contributed by atoms with Crippen LogP contribution < -0.4 is 14.2 Å². The first kappa shape index (κ1) is 22.7. The molecule has 0 saturated carbocycles. The van der Waals surface area contributed by atoms with Gasteiger partial charge in [0.2, 0.25) is 6.23 Å². The molecule has 0 bridgehead atoms. The van der Waals surface area contributed by atoms with Crippen molar-refractivity contribution in [1.29, 1.82) is 0 Å². The fraction of sp³-hybridized carbons (Fsp3) is 0.167. The van der Waals surface area contributed by atoms with E-state index in [-0.39, 0.29) is 12.3 Å². The molecule has 6 heteroatoms. The zero-order chi connectivity index (χ0) is 24.5. The average Bonchev–Trinajstić information content (AvgIpc) is 3.38. The summed E-state index contributed by atoms with van der Waals surface area (Å²) in [5.74, 6) is 2.54. The van der Waals surface area contributed by atoms with Crippen molar-refractivity contribution in [2.45, 2.75) is 25.3 Å². The summed E-state index contributed by atoms with van der Waals surface area (Å²) in [6, 6.07) is 32.6. The van der Waals surface area contributed by atoms with E-state index in [0.29, 0.717) is 6.61 Å². The monoisotopic (exact) mass is 540 g/mol. The molecule has 2 aliphatic heterocycles. The van der Waals surface area contributed by atoms with Gasteiger partial charge in [-0.3, -0.25) is 0 Å². The van der Waals surface area contributed by atoms with E-state index in [9.17, 15) is 0 Å². The lowest BCUT2D eigenvalue weighted by Gasteiger charge is -2.38. The maximum absolute atomic E-state index is 6.51. The number of benzene rings is 4. The van der Waals surface area contributed by atoms with E-state index in [4.69, 9.17) is 19.3 Å². The van der Waals surface area contributed by atoms with Crippen LogP contribution in [0.5, 0.6) is 17.2 Å². The lowest BCUT2D eigenvalue weighted by atomic mass is 9.96. The highest BCUT2D eigenvalue weighted by Crippen LogP contribution is 2.48. The van der Waals surface area contributed by atoms with Crippen LogP contribution in [0.25, 0.3) is 0 Å². The lowest BCUT2D eigenvalue weighted by Crippen LogP contribution is -2.33. The van der Waals surface area contributed by atoms with Gasteiger partial charge in [-0.1, -0.05) is 46.3 Å². The van der Waals surface area contributed by atoms with Gasteiger partial charge in [-0.25, -0.2) is 5.01 Å². The molecule has 4 aromatic rings. The highest BCUT2D eigenvalue weighted by atomic mass is 79.9. The number of fused-ring (bicyclic) bond motifs is 3. The van der Waals surface area contributed by atoms with Crippen molar-refractivity contribution in [1.82, 2.24) is 5.01 Å². The normalized spacial score (nSPS) is 18.1. The van der Waals surface area contributed by atoms with Crippen LogP contribution in [0, 0.1) is 0 Å². The molecule has 5 nitrogen and oxygen atoms in total. The van der Waals surface area contributed by atoms with E-state index in [2.05, 4.69) is 63.4 Å². The fourth-order valence-electron chi connectivity index (χ4n) is 4.71. The Morgan fingerprint density at radius 1 is 0.917 bits per heavy atom. The number of halogens is 1. The molecule has 2 aliphatic rings. The standard InChI is InChI=1S/C30H25BrN2O3/c1-34-24-12-7-21(8-13-24)27-18-28-26-17-23(31)11-16-29(26)36-30(33(28)32-27)22-9-14-25(15-10-22)35-19-20-5-3-2-4-6-20/h2-17,28,30H,18-19H2,1H3/t28-,30-/m1/s1. The summed E-state index contributed by atoms with van der Waals surface area (Å²) in [7, 11) is 1.68. The van der Waals surface area contributed by atoms with Crippen LogP contribution in [0.3, 0.4) is 0 Å². The van der Waals surface area contributed by atoms with E-state index in [1.807, 2.05) is 54.6 Å². The molecule has 0 spiro atoms. The molecule has 2 heterocycles. The predicted octanol–water partition coefficient (Wildman–Crippen LogP) is 7.28. The van der Waals surface area contributed by atoms with Gasteiger partial charge in [0.15, 0.2) is 0 Å². The van der Waals surface area contributed by atoms with Gasteiger partial charge < -0.3 is 14.2 Å². The summed E-state index contributed by atoms with van der Waals surface area (Å²) < 4.78 is 18.9. The summed E-state index contributed by atoms with van der Waals surface area (Å²) in [5.41, 5.74) is 5.42. The quantitative estimate of drug-likeness (QED) is 0.257. The smallest absolute Gasteiger partial charge is 0.213 e. The Morgan fingerprint density at radius 2 is 1.67 bits per heavy atom. The Labute approximate surface area is 219 Å². The Hall–Kier alpha value is -3.77. The lowest BCUT2D eigenvalue weighted by molar-refractivity contribution is -0.0191. The predicted molar refractivity (Wildman–Crippen MR) is 143 cm³/mol. The van der Waals surface area contributed by atoms with Crippen LogP contribution >= 0.6 is 15.9 Å². The van der Waals surface area contributed by atoms with Gasteiger partial charge in [-0.05, 0) is 77.9 Å². The molecule has 2 atom stereocenters. The van der Waals surface area contributed by atoms with Crippen LogP contribution in [0.4, 0.5) is 0 Å². The highest BCUT2D eigenvalue weighted by molar-refractivity contribution is 9.10. The number of hydrogen-bond acceptors (Lipinski definition) is 5. The third kappa shape index (κ3) is 4.44. The number of nitrogens with zero attached hydrogens (tertiary/aromatic N) is 2. The van der Waals surface area contributed by atoms with Crippen molar-refractivity contribution in [3.05, 3.63) is 124 Å². The van der Waals surface area contributed by atoms with Gasteiger partial charge in [-0.15, -0.1) is 0 Å². The third-order valence-corrected chi connectivity index (χ3v) is 7.08. The van der Waals surface area contributed by atoms with Crippen molar-refractivity contribution >= 4 is 21.6 Å². The first-order chi connectivity index (χ1) is 17.7. The Morgan fingerprint density at radius 3 is 2.42 bits per heavy atom. The second-order valence-corrected chi connectivity index (χ2v) is 9.79. The van der Waals surface area contributed by atoms with Gasteiger partial charge in [0.1, 0.15) is 23.9 Å². The molecule has 180 valence electrons. The summed E-state index contributed by atoms with van der Waals surface area (Å²) in [5, 5.41) is 7.15. The van der Waals surface area contributed by atoms with Gasteiger partial charge in [0, 0.05) is 22.0 Å². The number of hydrogen-bond donors (Lipinski definition) is 0. The highest BCUT2D eigenvalue weighted by Gasteiger charge is 2.41. The summed E-state index contributed by atoms with van der Waals surface area (Å²) in [6.07, 6.45) is 0.469. The largest absolute Gasteiger partial charge is 0.497 e. The van der Waals surface area contributed by atoms with Crippen LogP contribution in [0.15, 0.2) is 107 Å². The molecule has 0 amide bonds. The van der Waals surface area contributed by atoms with Crippen molar-refractivity contribution < 1.29 is 14.2 Å². The molecule has 0 saturated heterocycles. The molecular weight excluding hydrogens is 516 g/mol. The zero-order valence-electron chi connectivity index (χ0n) is 19.8. The molecule has 0 N–H and O–H groups in total. The topological polar surface area (TPSA) is 43.3 Å². The first-order valence-electron chi connectivity index (χ1n) is 11.9. The summed E-state index contributed by atoms with van der Waals surface area (Å²) in [4.78, 5) is 0. The Bertz CT molecular complexity index is 1390. The van der Waals surface area contributed by atoms with Gasteiger partial charge >= 0.3 is 0 Å². The molecule has 0 aromatic heterocycles. The van der Waals surface area contributed by atoms with Crippen LogP contribution in [-0.4, -0.2) is 17.8 Å². The SMILES string of the molecule is COc1ccc(C2=NN3[C@H](C2)c2cc(Br)ccc2O[C@@H]3c2ccc(OCc3ccccc3)cc2)cc1. The Balaban J connectivity index is 1.29. The average molecular weight is 541 g/mol. The number of hydrazone groups is 1. The van der Waals surface area contributed by atoms with Crippen molar-refractivity contribution in [3.63, 3.8) is 0 Å². The van der Waals surface area contributed by atoms with E-state index >= 15 is 0 Å². The fourth-order valence-corrected chi connectivity index (χ4v) is 5.08. The first-order valence-corrected chi connectivity index (χ1v) is 12.7. The molecular formula is C30H25BrN2O3. The zero-order valence-corrected chi connectivity index (χ0v) is 21.4. The van der Waals surface area contributed by atoms with Crippen molar-refractivity contribution in [2.24, 2.45) is 5.10 Å². The number of ether oxygens (including phenoxy) is 3.